The summed E-state index contributed by atoms with van der Waals surface area (Å²) in [5.41, 5.74) is 0.963. The van der Waals surface area contributed by atoms with Gasteiger partial charge in [-0.25, -0.2) is 4.98 Å². The minimum atomic E-state index is 0.284. The molecule has 2 aromatic rings. The Bertz CT molecular complexity index is 637. The summed E-state index contributed by atoms with van der Waals surface area (Å²) in [6, 6.07) is 5.05. The maximum Gasteiger partial charge on any atom is 0.238 e. The van der Waals surface area contributed by atoms with Gasteiger partial charge in [-0.15, -0.1) is 0 Å². The molecule has 106 valence electrons. The van der Waals surface area contributed by atoms with Crippen molar-refractivity contribution in [2.24, 2.45) is 0 Å². The monoisotopic (exact) mass is 394 g/mol. The van der Waals surface area contributed by atoms with E-state index < -0.39 is 0 Å². The lowest BCUT2D eigenvalue weighted by molar-refractivity contribution is 0.463. The second kappa shape index (κ2) is 6.96. The molecule has 0 saturated carbocycles. The summed E-state index contributed by atoms with van der Waals surface area (Å²) in [5, 5.41) is 4.34. The zero-order valence-corrected chi connectivity index (χ0v) is 14.2. The fraction of sp³-hybridized carbons (Fsp3) is 0.154. The molecule has 0 unspecified atom stereocenters. The van der Waals surface area contributed by atoms with Gasteiger partial charge in [0.05, 0.1) is 10.0 Å². The second-order valence-corrected chi connectivity index (χ2v) is 6.04. The minimum Gasteiger partial charge on any atom is -0.436 e. The molecule has 0 bridgehead atoms. The largest absolute Gasteiger partial charge is 0.436 e. The van der Waals surface area contributed by atoms with Crippen LogP contribution in [0.15, 0.2) is 28.9 Å². The maximum absolute atomic E-state index is 6.14. The number of benzene rings is 1. The van der Waals surface area contributed by atoms with E-state index in [9.17, 15) is 0 Å². The van der Waals surface area contributed by atoms with Gasteiger partial charge in [0.2, 0.25) is 5.88 Å². The molecule has 0 amide bonds. The SMILES string of the molecule is CNCc1cnc(Oc2cc(Cl)c(Br)cc2Cl)c(Cl)c1. The summed E-state index contributed by atoms with van der Waals surface area (Å²) < 4.78 is 6.30. The van der Waals surface area contributed by atoms with E-state index in [2.05, 4.69) is 26.2 Å². The molecular formula is C13H10BrCl3N2O. The molecule has 0 saturated heterocycles. The van der Waals surface area contributed by atoms with E-state index in [0.29, 0.717) is 31.8 Å². The lowest BCUT2D eigenvalue weighted by Crippen LogP contribution is -2.05. The summed E-state index contributed by atoms with van der Waals surface area (Å²) in [6.07, 6.45) is 1.69. The third-order valence-electron chi connectivity index (χ3n) is 2.43. The van der Waals surface area contributed by atoms with E-state index in [1.165, 1.54) is 0 Å². The Morgan fingerprint density at radius 3 is 2.55 bits per heavy atom. The van der Waals surface area contributed by atoms with Gasteiger partial charge in [0.1, 0.15) is 10.8 Å². The third-order valence-corrected chi connectivity index (χ3v) is 4.19. The Morgan fingerprint density at radius 2 is 1.90 bits per heavy atom. The number of hydrogen-bond donors (Lipinski definition) is 1. The van der Waals surface area contributed by atoms with Crippen molar-refractivity contribution in [2.75, 3.05) is 7.05 Å². The molecular weight excluding hydrogens is 386 g/mol. The molecule has 0 atom stereocenters. The van der Waals surface area contributed by atoms with Crippen molar-refractivity contribution in [2.45, 2.75) is 6.54 Å². The van der Waals surface area contributed by atoms with Crippen LogP contribution in [0.2, 0.25) is 15.1 Å². The summed E-state index contributed by atoms with van der Waals surface area (Å²) >= 11 is 21.5. The number of pyridine rings is 1. The van der Waals surface area contributed by atoms with E-state index >= 15 is 0 Å². The Morgan fingerprint density at radius 1 is 1.15 bits per heavy atom. The molecule has 0 aliphatic carbocycles. The van der Waals surface area contributed by atoms with E-state index in [1.807, 2.05) is 7.05 Å². The number of hydrogen-bond acceptors (Lipinski definition) is 3. The van der Waals surface area contributed by atoms with Crippen molar-refractivity contribution in [3.8, 4) is 11.6 Å². The highest BCUT2D eigenvalue weighted by Crippen LogP contribution is 2.37. The average Bonchev–Trinajstić information content (AvgIpc) is 2.39. The van der Waals surface area contributed by atoms with Crippen LogP contribution in [0.5, 0.6) is 11.6 Å². The van der Waals surface area contributed by atoms with Crippen LogP contribution in [0.25, 0.3) is 0 Å². The number of nitrogens with one attached hydrogen (secondary N) is 1. The van der Waals surface area contributed by atoms with Crippen molar-refractivity contribution < 1.29 is 4.74 Å². The Kier molecular flexibility index (Phi) is 5.52. The molecule has 1 heterocycles. The summed E-state index contributed by atoms with van der Waals surface area (Å²) in [5.74, 6) is 0.683. The molecule has 1 aromatic heterocycles. The van der Waals surface area contributed by atoms with Gasteiger partial charge in [-0.2, -0.15) is 0 Å². The van der Waals surface area contributed by atoms with Gasteiger partial charge < -0.3 is 10.1 Å². The maximum atomic E-state index is 6.14. The first-order chi connectivity index (χ1) is 9.51. The van der Waals surface area contributed by atoms with Crippen LogP contribution in [-0.4, -0.2) is 12.0 Å². The molecule has 0 aliphatic heterocycles. The van der Waals surface area contributed by atoms with Crippen LogP contribution in [0.1, 0.15) is 5.56 Å². The standard InChI is InChI=1S/C13H10BrCl3N2O/c1-18-5-7-2-11(17)13(19-6-7)20-12-4-9(15)8(14)3-10(12)16/h2-4,6,18H,5H2,1H3. The average molecular weight is 396 g/mol. The predicted molar refractivity (Wildman–Crippen MR) is 86.2 cm³/mol. The molecule has 0 aliphatic rings. The zero-order valence-electron chi connectivity index (χ0n) is 10.4. The van der Waals surface area contributed by atoms with Gasteiger partial charge in [0.25, 0.3) is 0 Å². The zero-order chi connectivity index (χ0) is 14.7. The minimum absolute atomic E-state index is 0.284. The molecule has 20 heavy (non-hydrogen) atoms. The van der Waals surface area contributed by atoms with Crippen LogP contribution in [0.4, 0.5) is 0 Å². The van der Waals surface area contributed by atoms with E-state index in [1.54, 1.807) is 24.4 Å². The molecule has 1 N–H and O–H groups in total. The van der Waals surface area contributed by atoms with Crippen LogP contribution in [0.3, 0.4) is 0 Å². The van der Waals surface area contributed by atoms with Gasteiger partial charge in [0.15, 0.2) is 0 Å². The summed E-state index contributed by atoms with van der Waals surface area (Å²) in [7, 11) is 1.85. The first-order valence-corrected chi connectivity index (χ1v) is 7.55. The molecule has 0 fully saturated rings. The van der Waals surface area contributed by atoms with Gasteiger partial charge >= 0.3 is 0 Å². The van der Waals surface area contributed by atoms with Crippen molar-refractivity contribution in [3.63, 3.8) is 0 Å². The number of halogens is 4. The lowest BCUT2D eigenvalue weighted by atomic mass is 10.3. The highest BCUT2D eigenvalue weighted by Gasteiger charge is 2.11. The molecule has 1 aromatic carbocycles. The number of ether oxygens (including phenoxy) is 1. The first-order valence-electron chi connectivity index (χ1n) is 5.62. The molecule has 0 spiro atoms. The fourth-order valence-electron chi connectivity index (χ4n) is 1.53. The predicted octanol–water partition coefficient (Wildman–Crippen LogP) is 5.32. The van der Waals surface area contributed by atoms with Crippen molar-refractivity contribution >= 4 is 50.7 Å². The van der Waals surface area contributed by atoms with Crippen LogP contribution in [-0.2, 0) is 6.54 Å². The second-order valence-electron chi connectivity index (χ2n) is 3.96. The van der Waals surface area contributed by atoms with Crippen molar-refractivity contribution in [1.29, 1.82) is 0 Å². The summed E-state index contributed by atoms with van der Waals surface area (Å²) in [4.78, 5) is 4.18. The van der Waals surface area contributed by atoms with Gasteiger partial charge in [0, 0.05) is 23.3 Å². The first kappa shape index (κ1) is 15.9. The van der Waals surface area contributed by atoms with E-state index in [0.717, 1.165) is 5.56 Å². The van der Waals surface area contributed by atoms with Gasteiger partial charge in [-0.05, 0) is 40.7 Å². The van der Waals surface area contributed by atoms with Crippen LogP contribution >= 0.6 is 50.7 Å². The van der Waals surface area contributed by atoms with Crippen molar-refractivity contribution in [3.05, 3.63) is 49.5 Å². The lowest BCUT2D eigenvalue weighted by Gasteiger charge is -2.10. The van der Waals surface area contributed by atoms with E-state index in [4.69, 9.17) is 39.5 Å². The number of rotatable bonds is 4. The Balaban J connectivity index is 2.28. The molecule has 2 rings (SSSR count). The summed E-state index contributed by atoms with van der Waals surface area (Å²) in [6.45, 7) is 0.678. The van der Waals surface area contributed by atoms with Gasteiger partial charge in [-0.3, -0.25) is 0 Å². The highest BCUT2D eigenvalue weighted by molar-refractivity contribution is 9.10. The molecule has 0 radical (unpaired) electrons. The Hall–Kier alpha value is -0.520. The quantitative estimate of drug-likeness (QED) is 0.711. The Labute approximate surface area is 140 Å². The number of aromatic nitrogens is 1. The number of nitrogens with zero attached hydrogens (tertiary/aromatic N) is 1. The van der Waals surface area contributed by atoms with Crippen LogP contribution in [0, 0.1) is 0 Å². The van der Waals surface area contributed by atoms with Crippen molar-refractivity contribution in [1.82, 2.24) is 10.3 Å². The topological polar surface area (TPSA) is 34.2 Å². The smallest absolute Gasteiger partial charge is 0.238 e. The van der Waals surface area contributed by atoms with Gasteiger partial charge in [-0.1, -0.05) is 34.8 Å². The van der Waals surface area contributed by atoms with Crippen LogP contribution < -0.4 is 10.1 Å². The highest BCUT2D eigenvalue weighted by atomic mass is 79.9. The molecule has 7 heteroatoms. The van der Waals surface area contributed by atoms with E-state index in [-0.39, 0.29) is 5.88 Å². The normalized spacial score (nSPS) is 10.7. The fourth-order valence-corrected chi connectivity index (χ4v) is 2.59. The molecule has 3 nitrogen and oxygen atoms in total. The third kappa shape index (κ3) is 3.77.